The molecule has 0 aliphatic carbocycles. The first-order chi connectivity index (χ1) is 14.4. The highest BCUT2D eigenvalue weighted by Crippen LogP contribution is 2.18. The quantitative estimate of drug-likeness (QED) is 0.565. The van der Waals surface area contributed by atoms with Crippen LogP contribution >= 0.6 is 11.8 Å². The van der Waals surface area contributed by atoms with Gasteiger partial charge in [0.05, 0.1) is 5.75 Å². The van der Waals surface area contributed by atoms with Gasteiger partial charge in [0, 0.05) is 18.8 Å². The molecule has 4 nitrogen and oxygen atoms in total. The second kappa shape index (κ2) is 12.3. The molecule has 0 bridgehead atoms. The van der Waals surface area contributed by atoms with Gasteiger partial charge in [-0.2, -0.15) is 0 Å². The van der Waals surface area contributed by atoms with Gasteiger partial charge in [-0.05, 0) is 48.2 Å². The molecule has 0 aliphatic heterocycles. The lowest BCUT2D eigenvalue weighted by atomic mass is 10.1. The Bertz CT molecular complexity index is 813. The Morgan fingerprint density at radius 1 is 0.967 bits per heavy atom. The van der Waals surface area contributed by atoms with E-state index in [1.54, 1.807) is 29.2 Å². The number of amides is 2. The number of carbonyl (C=O) groups excluding carboxylic acids is 2. The van der Waals surface area contributed by atoms with E-state index >= 15 is 0 Å². The predicted octanol–water partition coefficient (Wildman–Crippen LogP) is 4.53. The second-order valence-corrected chi connectivity index (χ2v) is 7.97. The molecule has 2 amide bonds. The summed E-state index contributed by atoms with van der Waals surface area (Å²) in [7, 11) is 0. The smallest absolute Gasteiger partial charge is 0.242 e. The predicted molar refractivity (Wildman–Crippen MR) is 117 cm³/mol. The third kappa shape index (κ3) is 7.44. The molecule has 0 aromatic heterocycles. The van der Waals surface area contributed by atoms with E-state index in [1.165, 1.54) is 36.0 Å². The van der Waals surface area contributed by atoms with E-state index in [1.807, 2.05) is 13.8 Å². The molecule has 1 atom stereocenters. The van der Waals surface area contributed by atoms with Crippen LogP contribution in [0.25, 0.3) is 0 Å². The summed E-state index contributed by atoms with van der Waals surface area (Å²) in [6.07, 6.45) is 1.28. The van der Waals surface area contributed by atoms with Gasteiger partial charge < -0.3 is 10.2 Å². The first kappa shape index (κ1) is 23.9. The van der Waals surface area contributed by atoms with Crippen molar-refractivity contribution >= 4 is 23.6 Å². The SMILES string of the molecule is CCCNC(=O)[C@@H](CC)N(Cc1ccc(F)cc1)C(=O)CSCc1ccc(F)cc1. The summed E-state index contributed by atoms with van der Waals surface area (Å²) >= 11 is 1.41. The van der Waals surface area contributed by atoms with Gasteiger partial charge in [0.2, 0.25) is 11.8 Å². The molecular formula is C23H28F2N2O2S. The van der Waals surface area contributed by atoms with Crippen molar-refractivity contribution in [2.24, 2.45) is 0 Å². The standard InChI is InChI=1S/C23H28F2N2O2S/c1-3-13-26-23(29)21(4-2)27(14-17-5-9-19(24)10-6-17)22(28)16-30-15-18-7-11-20(25)12-8-18/h5-12,21H,3-4,13-16H2,1-2H3,(H,26,29)/t21-/m1/s1. The van der Waals surface area contributed by atoms with Crippen LogP contribution in [0.1, 0.15) is 37.8 Å². The number of nitrogens with one attached hydrogen (secondary N) is 1. The number of thioether (sulfide) groups is 1. The summed E-state index contributed by atoms with van der Waals surface area (Å²) in [6.45, 7) is 4.61. The molecule has 0 radical (unpaired) electrons. The molecule has 0 heterocycles. The van der Waals surface area contributed by atoms with Crippen molar-refractivity contribution in [2.45, 2.75) is 45.0 Å². The number of nitrogens with zero attached hydrogens (tertiary/aromatic N) is 1. The molecule has 2 aromatic carbocycles. The molecule has 0 unspecified atom stereocenters. The molecule has 2 aromatic rings. The lowest BCUT2D eigenvalue weighted by Crippen LogP contribution is -2.49. The normalized spacial score (nSPS) is 11.7. The van der Waals surface area contributed by atoms with Crippen LogP contribution < -0.4 is 5.32 Å². The summed E-state index contributed by atoms with van der Waals surface area (Å²) < 4.78 is 26.3. The van der Waals surface area contributed by atoms with Crippen LogP contribution in [0.5, 0.6) is 0 Å². The fraction of sp³-hybridized carbons (Fsp3) is 0.391. The number of hydrogen-bond acceptors (Lipinski definition) is 3. The maximum absolute atomic E-state index is 13.3. The van der Waals surface area contributed by atoms with Gasteiger partial charge in [-0.3, -0.25) is 9.59 Å². The highest BCUT2D eigenvalue weighted by molar-refractivity contribution is 7.99. The summed E-state index contributed by atoms with van der Waals surface area (Å²) in [6, 6.07) is 11.5. The Morgan fingerprint density at radius 2 is 1.53 bits per heavy atom. The van der Waals surface area contributed by atoms with E-state index in [2.05, 4.69) is 5.32 Å². The molecule has 0 aliphatic rings. The van der Waals surface area contributed by atoms with Crippen LogP contribution in [0, 0.1) is 11.6 Å². The van der Waals surface area contributed by atoms with Crippen molar-refractivity contribution in [2.75, 3.05) is 12.3 Å². The number of halogens is 2. The number of benzene rings is 2. The Hall–Kier alpha value is -2.41. The van der Waals surface area contributed by atoms with E-state index in [-0.39, 0.29) is 35.7 Å². The average Bonchev–Trinajstić information content (AvgIpc) is 2.74. The van der Waals surface area contributed by atoms with Gasteiger partial charge in [-0.15, -0.1) is 11.8 Å². The highest BCUT2D eigenvalue weighted by atomic mass is 32.2. The zero-order valence-corrected chi connectivity index (χ0v) is 18.2. The van der Waals surface area contributed by atoms with Gasteiger partial charge >= 0.3 is 0 Å². The Morgan fingerprint density at radius 3 is 2.07 bits per heavy atom. The lowest BCUT2D eigenvalue weighted by molar-refractivity contribution is -0.139. The molecular weight excluding hydrogens is 406 g/mol. The zero-order valence-electron chi connectivity index (χ0n) is 17.4. The van der Waals surface area contributed by atoms with Crippen molar-refractivity contribution < 1.29 is 18.4 Å². The maximum Gasteiger partial charge on any atom is 0.242 e. The lowest BCUT2D eigenvalue weighted by Gasteiger charge is -2.30. The minimum absolute atomic E-state index is 0.162. The van der Waals surface area contributed by atoms with Gasteiger partial charge in [0.15, 0.2) is 0 Å². The molecule has 30 heavy (non-hydrogen) atoms. The fourth-order valence-electron chi connectivity index (χ4n) is 2.99. The Kier molecular flexibility index (Phi) is 9.80. The monoisotopic (exact) mass is 434 g/mol. The first-order valence-corrected chi connectivity index (χ1v) is 11.2. The molecule has 0 fully saturated rings. The van der Waals surface area contributed by atoms with Crippen molar-refractivity contribution in [1.82, 2.24) is 10.2 Å². The Labute approximate surface area is 181 Å². The zero-order chi connectivity index (χ0) is 21.9. The van der Waals surface area contributed by atoms with Crippen molar-refractivity contribution in [3.63, 3.8) is 0 Å². The first-order valence-electron chi connectivity index (χ1n) is 10.1. The largest absolute Gasteiger partial charge is 0.354 e. The highest BCUT2D eigenvalue weighted by Gasteiger charge is 2.28. The van der Waals surface area contributed by atoms with Crippen LogP contribution in [-0.4, -0.2) is 35.1 Å². The van der Waals surface area contributed by atoms with Crippen LogP contribution in [0.3, 0.4) is 0 Å². The third-order valence-corrected chi connectivity index (χ3v) is 5.60. The minimum atomic E-state index is -0.597. The fourth-order valence-corrected chi connectivity index (χ4v) is 3.86. The molecule has 0 saturated heterocycles. The minimum Gasteiger partial charge on any atom is -0.354 e. The average molecular weight is 435 g/mol. The molecule has 2 rings (SSSR count). The van der Waals surface area contributed by atoms with E-state index in [9.17, 15) is 18.4 Å². The molecule has 0 saturated carbocycles. The number of carbonyl (C=O) groups is 2. The van der Waals surface area contributed by atoms with E-state index in [0.717, 1.165) is 17.5 Å². The van der Waals surface area contributed by atoms with Gasteiger partial charge in [-0.1, -0.05) is 38.1 Å². The van der Waals surface area contributed by atoms with Crippen LogP contribution in [0.15, 0.2) is 48.5 Å². The molecule has 162 valence electrons. The van der Waals surface area contributed by atoms with E-state index in [4.69, 9.17) is 0 Å². The van der Waals surface area contributed by atoms with E-state index in [0.29, 0.717) is 18.7 Å². The summed E-state index contributed by atoms with van der Waals surface area (Å²) in [5.41, 5.74) is 1.68. The third-order valence-electron chi connectivity index (χ3n) is 4.61. The number of hydrogen-bond donors (Lipinski definition) is 1. The maximum atomic E-state index is 13.3. The summed E-state index contributed by atoms with van der Waals surface area (Å²) in [4.78, 5) is 27.2. The Balaban J connectivity index is 2.09. The van der Waals surface area contributed by atoms with Crippen molar-refractivity contribution in [3.05, 3.63) is 71.3 Å². The van der Waals surface area contributed by atoms with Crippen LogP contribution in [0.4, 0.5) is 8.78 Å². The summed E-state index contributed by atoms with van der Waals surface area (Å²) in [5, 5.41) is 2.87. The van der Waals surface area contributed by atoms with E-state index < -0.39 is 6.04 Å². The molecule has 0 spiro atoms. The van der Waals surface area contributed by atoms with Gasteiger partial charge in [0.25, 0.3) is 0 Å². The summed E-state index contributed by atoms with van der Waals surface area (Å²) in [5.74, 6) is -0.234. The van der Waals surface area contributed by atoms with Crippen LogP contribution in [0.2, 0.25) is 0 Å². The molecule has 1 N–H and O–H groups in total. The van der Waals surface area contributed by atoms with Crippen LogP contribution in [-0.2, 0) is 21.9 Å². The van der Waals surface area contributed by atoms with Gasteiger partial charge in [0.1, 0.15) is 17.7 Å². The molecule has 7 heteroatoms. The topological polar surface area (TPSA) is 49.4 Å². The number of rotatable bonds is 11. The van der Waals surface area contributed by atoms with Gasteiger partial charge in [-0.25, -0.2) is 8.78 Å². The van der Waals surface area contributed by atoms with Crippen molar-refractivity contribution in [3.8, 4) is 0 Å². The second-order valence-electron chi connectivity index (χ2n) is 6.98. The van der Waals surface area contributed by atoms with Crippen molar-refractivity contribution in [1.29, 1.82) is 0 Å².